The summed E-state index contributed by atoms with van der Waals surface area (Å²) in [6, 6.07) is 8.92. The molecule has 0 radical (unpaired) electrons. The molecule has 0 unspecified atom stereocenters. The minimum absolute atomic E-state index is 0.263. The summed E-state index contributed by atoms with van der Waals surface area (Å²) in [5.41, 5.74) is 2.79. The molecule has 92 valence electrons. The molecule has 0 spiro atoms. The van der Waals surface area contributed by atoms with Crippen LogP contribution in [-0.2, 0) is 17.8 Å². The van der Waals surface area contributed by atoms with Crippen LogP contribution in [0.5, 0.6) is 0 Å². The van der Waals surface area contributed by atoms with Crippen molar-refractivity contribution in [2.45, 2.75) is 25.2 Å². The lowest BCUT2D eigenvalue weighted by Gasteiger charge is -2.22. The van der Waals surface area contributed by atoms with E-state index in [1.54, 1.807) is 11.9 Å². The van der Waals surface area contributed by atoms with Gasteiger partial charge in [-0.1, -0.05) is 28.4 Å². The maximum atomic E-state index is 5.96. The Kier molecular flexibility index (Phi) is 2.25. The molecule has 0 saturated carbocycles. The third-order valence-electron chi connectivity index (χ3n) is 3.80. The van der Waals surface area contributed by atoms with Crippen LogP contribution in [0.15, 0.2) is 30.6 Å². The van der Waals surface area contributed by atoms with Gasteiger partial charge < -0.3 is 4.74 Å². The summed E-state index contributed by atoms with van der Waals surface area (Å²) in [7, 11) is 0. The first-order chi connectivity index (χ1) is 8.86. The van der Waals surface area contributed by atoms with Crippen LogP contribution in [-0.4, -0.2) is 22.0 Å². The molecule has 2 atom stereocenters. The van der Waals surface area contributed by atoms with Crippen molar-refractivity contribution >= 4 is 11.9 Å². The minimum atomic E-state index is 0.263. The third kappa shape index (κ3) is 1.37. The Morgan fingerprint density at radius 1 is 1.44 bits per heavy atom. The second kappa shape index (κ2) is 3.83. The van der Waals surface area contributed by atoms with Crippen molar-refractivity contribution < 1.29 is 8.82 Å². The van der Waals surface area contributed by atoms with Crippen molar-refractivity contribution in [3.05, 3.63) is 47.5 Å². The summed E-state index contributed by atoms with van der Waals surface area (Å²) in [5, 5.41) is 4.52. The van der Waals surface area contributed by atoms with Gasteiger partial charge in [0.25, 0.3) is 12.2 Å². The quantitative estimate of drug-likeness (QED) is 0.725. The molecule has 0 amide bonds. The summed E-state index contributed by atoms with van der Waals surface area (Å²) < 4.78 is 10.1. The van der Waals surface area contributed by atoms with Crippen molar-refractivity contribution in [1.29, 1.82) is 0 Å². The molecule has 2 aliphatic rings. The fraction of sp³-hybridized carbons (Fsp3) is 0.385. The highest BCUT2D eigenvalue weighted by Gasteiger charge is 2.43. The van der Waals surface area contributed by atoms with Gasteiger partial charge in [-0.3, -0.25) is 0 Å². The van der Waals surface area contributed by atoms with E-state index in [2.05, 4.69) is 40.3 Å². The fourth-order valence-corrected chi connectivity index (χ4v) is 3.36. The smallest absolute Gasteiger partial charge is 0.279 e. The number of aromatic nitrogens is 3. The maximum Gasteiger partial charge on any atom is 0.279 e. The van der Waals surface area contributed by atoms with Gasteiger partial charge in [0.1, 0.15) is 12.7 Å². The molecule has 2 aromatic rings. The molecule has 4 nitrogen and oxygen atoms in total. The number of ether oxygens (including phenoxy) is 1. The molecule has 1 aliphatic carbocycles. The van der Waals surface area contributed by atoms with Crippen LogP contribution < -0.4 is 4.09 Å². The topological polar surface area (TPSA) is 30.9 Å². The van der Waals surface area contributed by atoms with Crippen LogP contribution in [0.1, 0.15) is 23.0 Å². The van der Waals surface area contributed by atoms with Crippen LogP contribution >= 0.6 is 11.9 Å². The molecule has 5 heteroatoms. The zero-order valence-corrected chi connectivity index (χ0v) is 10.9. The number of rotatable bonds is 1. The monoisotopic (exact) mass is 260 g/mol. The van der Waals surface area contributed by atoms with Gasteiger partial charge >= 0.3 is 0 Å². The highest BCUT2D eigenvalue weighted by atomic mass is 32.2. The van der Waals surface area contributed by atoms with E-state index in [4.69, 9.17) is 4.74 Å². The number of hydrogen-bond acceptors (Lipinski definition) is 3. The lowest BCUT2D eigenvalue weighted by Crippen LogP contribution is -2.30. The zero-order chi connectivity index (χ0) is 12.1. The first kappa shape index (κ1) is 10.6. The Bertz CT molecular complexity index is 610. The van der Waals surface area contributed by atoms with E-state index < -0.39 is 0 Å². The van der Waals surface area contributed by atoms with E-state index in [0.717, 1.165) is 12.2 Å². The van der Waals surface area contributed by atoms with E-state index in [-0.39, 0.29) is 6.10 Å². The van der Waals surface area contributed by atoms with Gasteiger partial charge in [-0.05, 0) is 10.7 Å². The molecule has 1 aromatic heterocycles. The summed E-state index contributed by atoms with van der Waals surface area (Å²) in [4.78, 5) is 0. The minimum Gasteiger partial charge on any atom is -0.363 e. The standard InChI is InChI=1S/C13H14N3OS/c1-18-16-8-15-12(14-16)7-17-11-6-9-4-2-3-5-10(9)13(11)15/h2-5,8,11,13H,6-7H2,1H3/q+1/t11-,13+/m0/s1. The van der Waals surface area contributed by atoms with Gasteiger partial charge in [-0.25, -0.2) is 4.57 Å². The van der Waals surface area contributed by atoms with Crippen molar-refractivity contribution in [3.63, 3.8) is 0 Å². The van der Waals surface area contributed by atoms with Crippen LogP contribution in [0.25, 0.3) is 0 Å². The predicted molar refractivity (Wildman–Crippen MR) is 68.2 cm³/mol. The Labute approximate surface area is 110 Å². The highest BCUT2D eigenvalue weighted by Crippen LogP contribution is 2.39. The SMILES string of the molecule is CS[n+]1cn2c(n1)CO[C@H]1Cc3ccccc3[C@H]12. The molecule has 0 bridgehead atoms. The normalized spacial score (nSPS) is 24.5. The number of fused-ring (bicyclic) bond motifs is 5. The largest absolute Gasteiger partial charge is 0.363 e. The maximum absolute atomic E-state index is 5.96. The Morgan fingerprint density at radius 2 is 2.33 bits per heavy atom. The van der Waals surface area contributed by atoms with Gasteiger partial charge in [-0.2, -0.15) is 0 Å². The van der Waals surface area contributed by atoms with Crippen LogP contribution in [0, 0.1) is 0 Å². The van der Waals surface area contributed by atoms with Crippen molar-refractivity contribution in [1.82, 2.24) is 9.67 Å². The summed E-state index contributed by atoms with van der Waals surface area (Å²) >= 11 is 1.61. The molecular formula is C13H14N3OS+. The summed E-state index contributed by atoms with van der Waals surface area (Å²) in [6.07, 6.45) is 5.39. The lowest BCUT2D eigenvalue weighted by atomic mass is 10.1. The average Bonchev–Trinajstić information content (AvgIpc) is 2.98. The summed E-state index contributed by atoms with van der Waals surface area (Å²) in [6.45, 7) is 0.614. The average molecular weight is 260 g/mol. The highest BCUT2D eigenvalue weighted by molar-refractivity contribution is 7.92. The van der Waals surface area contributed by atoms with Gasteiger partial charge in [0.15, 0.2) is 6.04 Å². The molecule has 2 heterocycles. The third-order valence-corrected chi connectivity index (χ3v) is 4.35. The van der Waals surface area contributed by atoms with Crippen LogP contribution in [0.4, 0.5) is 0 Å². The molecule has 0 fully saturated rings. The molecule has 0 saturated heterocycles. The molecule has 0 N–H and O–H groups in total. The van der Waals surface area contributed by atoms with E-state index in [1.807, 2.05) is 10.3 Å². The lowest BCUT2D eigenvalue weighted by molar-refractivity contribution is -0.562. The Balaban J connectivity index is 1.87. The van der Waals surface area contributed by atoms with Gasteiger partial charge in [0.2, 0.25) is 0 Å². The van der Waals surface area contributed by atoms with Gasteiger partial charge in [-0.15, -0.1) is 0 Å². The fourth-order valence-electron chi connectivity index (χ4n) is 2.99. The first-order valence-electron chi connectivity index (χ1n) is 6.10. The van der Waals surface area contributed by atoms with E-state index in [9.17, 15) is 0 Å². The second-order valence-corrected chi connectivity index (χ2v) is 5.46. The molecular weight excluding hydrogens is 246 g/mol. The van der Waals surface area contributed by atoms with E-state index in [1.165, 1.54) is 11.1 Å². The van der Waals surface area contributed by atoms with Gasteiger partial charge in [0.05, 0.1) is 11.9 Å². The number of benzene rings is 1. The second-order valence-electron chi connectivity index (χ2n) is 4.72. The molecule has 18 heavy (non-hydrogen) atoms. The van der Waals surface area contributed by atoms with E-state index in [0.29, 0.717) is 12.6 Å². The van der Waals surface area contributed by atoms with Crippen LogP contribution in [0.3, 0.4) is 0 Å². The van der Waals surface area contributed by atoms with Crippen molar-refractivity contribution in [2.24, 2.45) is 0 Å². The first-order valence-corrected chi connectivity index (χ1v) is 7.28. The Morgan fingerprint density at radius 3 is 3.22 bits per heavy atom. The molecule has 4 rings (SSSR count). The summed E-state index contributed by atoms with van der Waals surface area (Å²) in [5.74, 6) is 1.02. The molecule has 1 aromatic carbocycles. The van der Waals surface area contributed by atoms with E-state index >= 15 is 0 Å². The van der Waals surface area contributed by atoms with Crippen molar-refractivity contribution in [2.75, 3.05) is 6.26 Å². The van der Waals surface area contributed by atoms with Crippen molar-refractivity contribution in [3.8, 4) is 0 Å². The molecule has 1 aliphatic heterocycles. The zero-order valence-electron chi connectivity index (χ0n) is 10.1. The van der Waals surface area contributed by atoms with Crippen LogP contribution in [0.2, 0.25) is 0 Å². The Hall–Kier alpha value is -1.33. The number of nitrogens with zero attached hydrogens (tertiary/aromatic N) is 3. The number of hydrogen-bond donors (Lipinski definition) is 0. The van der Waals surface area contributed by atoms with Gasteiger partial charge in [0, 0.05) is 18.2 Å². The predicted octanol–water partition coefficient (Wildman–Crippen LogP) is 1.34.